The second-order valence-corrected chi connectivity index (χ2v) is 4.05. The van der Waals surface area contributed by atoms with E-state index in [4.69, 9.17) is 10.0 Å². The van der Waals surface area contributed by atoms with Crippen LogP contribution in [0, 0.1) is 5.92 Å². The second-order valence-electron chi connectivity index (χ2n) is 4.05. The first kappa shape index (κ1) is 11.3. The molecule has 1 rings (SSSR count). The van der Waals surface area contributed by atoms with E-state index in [2.05, 4.69) is 13.8 Å². The Kier molecular flexibility index (Phi) is 4.17. The predicted octanol–water partition coefficient (Wildman–Crippen LogP) is 0.955. The van der Waals surface area contributed by atoms with E-state index in [0.29, 0.717) is 11.4 Å². The van der Waals surface area contributed by atoms with Crippen LogP contribution in [0.25, 0.3) is 0 Å². The third-order valence-corrected chi connectivity index (χ3v) is 2.29. The molecule has 2 N–H and O–H groups in total. The topological polar surface area (TPSA) is 40.5 Å². The molecular weight excluding hydrogens is 175 g/mol. The smallest absolute Gasteiger partial charge is 0.423 e. The SMILES string of the molecule is CC(C)CCc1ccc(B(O)O)cc1. The van der Waals surface area contributed by atoms with Crippen LogP contribution >= 0.6 is 0 Å². The predicted molar refractivity (Wildman–Crippen MR) is 59.4 cm³/mol. The first-order valence-corrected chi connectivity index (χ1v) is 5.04. The minimum atomic E-state index is -1.35. The molecule has 76 valence electrons. The summed E-state index contributed by atoms with van der Waals surface area (Å²) in [5, 5.41) is 17.8. The van der Waals surface area contributed by atoms with E-state index in [1.807, 2.05) is 12.1 Å². The summed E-state index contributed by atoms with van der Waals surface area (Å²) in [6, 6.07) is 7.44. The minimum absolute atomic E-state index is 0.554. The Morgan fingerprint density at radius 2 is 1.71 bits per heavy atom. The molecule has 0 aromatic heterocycles. The van der Waals surface area contributed by atoms with Crippen LogP contribution in [0.1, 0.15) is 25.8 Å². The molecule has 2 nitrogen and oxygen atoms in total. The van der Waals surface area contributed by atoms with Crippen LogP contribution in [0.4, 0.5) is 0 Å². The van der Waals surface area contributed by atoms with E-state index in [1.165, 1.54) is 12.0 Å². The summed E-state index contributed by atoms with van der Waals surface area (Å²) in [4.78, 5) is 0. The number of aryl methyl sites for hydroxylation is 1. The van der Waals surface area contributed by atoms with Crippen molar-refractivity contribution in [3.05, 3.63) is 29.8 Å². The van der Waals surface area contributed by atoms with Gasteiger partial charge in [-0.25, -0.2) is 0 Å². The number of hydrogen-bond donors (Lipinski definition) is 2. The van der Waals surface area contributed by atoms with Crippen molar-refractivity contribution in [2.45, 2.75) is 26.7 Å². The maximum absolute atomic E-state index is 8.89. The summed E-state index contributed by atoms with van der Waals surface area (Å²) in [6.45, 7) is 4.40. The van der Waals surface area contributed by atoms with Gasteiger partial charge in [0, 0.05) is 0 Å². The van der Waals surface area contributed by atoms with Crippen molar-refractivity contribution in [1.29, 1.82) is 0 Å². The first-order chi connectivity index (χ1) is 6.59. The highest BCUT2D eigenvalue weighted by Gasteiger charge is 2.09. The van der Waals surface area contributed by atoms with Crippen LogP contribution in [0.2, 0.25) is 0 Å². The van der Waals surface area contributed by atoms with Gasteiger partial charge in [-0.15, -0.1) is 0 Å². The van der Waals surface area contributed by atoms with Gasteiger partial charge >= 0.3 is 7.12 Å². The molecule has 0 fully saturated rings. The summed E-state index contributed by atoms with van der Waals surface area (Å²) in [6.07, 6.45) is 2.22. The fourth-order valence-electron chi connectivity index (χ4n) is 1.31. The van der Waals surface area contributed by atoms with Crippen molar-refractivity contribution >= 4 is 12.6 Å². The molecule has 0 amide bonds. The van der Waals surface area contributed by atoms with Crippen molar-refractivity contribution in [2.75, 3.05) is 0 Å². The highest BCUT2D eigenvalue weighted by Crippen LogP contribution is 2.07. The van der Waals surface area contributed by atoms with Gasteiger partial charge in [0.1, 0.15) is 0 Å². The molecule has 0 aliphatic rings. The summed E-state index contributed by atoms with van der Waals surface area (Å²) in [7, 11) is -1.35. The van der Waals surface area contributed by atoms with Gasteiger partial charge in [0.25, 0.3) is 0 Å². The Bertz CT molecular complexity index is 267. The van der Waals surface area contributed by atoms with Gasteiger partial charge in [0.2, 0.25) is 0 Å². The number of hydrogen-bond acceptors (Lipinski definition) is 2. The van der Waals surface area contributed by atoms with Gasteiger partial charge in [-0.05, 0) is 29.8 Å². The third-order valence-electron chi connectivity index (χ3n) is 2.29. The highest BCUT2D eigenvalue weighted by molar-refractivity contribution is 6.58. The molecule has 0 aliphatic carbocycles. The molecule has 3 heteroatoms. The summed E-state index contributed by atoms with van der Waals surface area (Å²) in [5.74, 6) is 0.707. The summed E-state index contributed by atoms with van der Waals surface area (Å²) < 4.78 is 0. The van der Waals surface area contributed by atoms with E-state index in [1.54, 1.807) is 12.1 Å². The van der Waals surface area contributed by atoms with E-state index in [-0.39, 0.29) is 0 Å². The molecule has 14 heavy (non-hydrogen) atoms. The lowest BCUT2D eigenvalue weighted by Crippen LogP contribution is -2.29. The Hall–Kier alpha value is -0.795. The third kappa shape index (κ3) is 3.52. The molecule has 0 radical (unpaired) electrons. The monoisotopic (exact) mass is 192 g/mol. The zero-order valence-electron chi connectivity index (χ0n) is 8.77. The minimum Gasteiger partial charge on any atom is -0.423 e. The van der Waals surface area contributed by atoms with Crippen molar-refractivity contribution in [2.24, 2.45) is 5.92 Å². The van der Waals surface area contributed by atoms with Gasteiger partial charge in [-0.1, -0.05) is 38.1 Å². The zero-order valence-corrected chi connectivity index (χ0v) is 8.77. The maximum Gasteiger partial charge on any atom is 0.488 e. The Morgan fingerprint density at radius 3 is 2.14 bits per heavy atom. The lowest BCUT2D eigenvalue weighted by atomic mass is 9.80. The normalized spacial score (nSPS) is 10.6. The average molecular weight is 192 g/mol. The van der Waals surface area contributed by atoms with E-state index in [0.717, 1.165) is 6.42 Å². The Labute approximate surface area is 85.7 Å². The Morgan fingerprint density at radius 1 is 1.14 bits per heavy atom. The van der Waals surface area contributed by atoms with Crippen molar-refractivity contribution in [1.82, 2.24) is 0 Å². The molecule has 0 saturated heterocycles. The van der Waals surface area contributed by atoms with Crippen molar-refractivity contribution in [3.63, 3.8) is 0 Å². The fourth-order valence-corrected chi connectivity index (χ4v) is 1.31. The molecule has 0 atom stereocenters. The van der Waals surface area contributed by atoms with Crippen LogP contribution in [0.15, 0.2) is 24.3 Å². The molecule has 0 aliphatic heterocycles. The second kappa shape index (κ2) is 5.18. The van der Waals surface area contributed by atoms with Crippen LogP contribution in [-0.4, -0.2) is 17.2 Å². The van der Waals surface area contributed by atoms with Gasteiger partial charge in [-0.2, -0.15) is 0 Å². The van der Waals surface area contributed by atoms with Crippen molar-refractivity contribution in [3.8, 4) is 0 Å². The Balaban J connectivity index is 2.55. The molecule has 0 saturated carbocycles. The van der Waals surface area contributed by atoms with Crippen LogP contribution < -0.4 is 5.46 Å². The first-order valence-electron chi connectivity index (χ1n) is 5.04. The van der Waals surface area contributed by atoms with E-state index in [9.17, 15) is 0 Å². The highest BCUT2D eigenvalue weighted by atomic mass is 16.4. The number of rotatable bonds is 4. The van der Waals surface area contributed by atoms with Crippen LogP contribution in [0.5, 0.6) is 0 Å². The molecule has 1 aromatic rings. The lowest BCUT2D eigenvalue weighted by Gasteiger charge is -2.05. The average Bonchev–Trinajstić information content (AvgIpc) is 2.15. The molecule has 0 unspecified atom stereocenters. The lowest BCUT2D eigenvalue weighted by molar-refractivity contribution is 0.426. The van der Waals surface area contributed by atoms with Crippen molar-refractivity contribution < 1.29 is 10.0 Å². The standard InChI is InChI=1S/C11H17BO2/c1-9(2)3-4-10-5-7-11(8-6-10)12(13)14/h5-9,13-14H,3-4H2,1-2H3. The fraction of sp³-hybridized carbons (Fsp3) is 0.455. The van der Waals surface area contributed by atoms with Crippen LogP contribution in [-0.2, 0) is 6.42 Å². The largest absolute Gasteiger partial charge is 0.488 e. The molecular formula is C11H17BO2. The van der Waals surface area contributed by atoms with Crippen LogP contribution in [0.3, 0.4) is 0 Å². The van der Waals surface area contributed by atoms with Gasteiger partial charge in [0.05, 0.1) is 0 Å². The van der Waals surface area contributed by atoms with Gasteiger partial charge < -0.3 is 10.0 Å². The molecule has 0 spiro atoms. The van der Waals surface area contributed by atoms with Gasteiger partial charge in [0.15, 0.2) is 0 Å². The summed E-state index contributed by atoms with van der Waals surface area (Å²) in [5.41, 5.74) is 1.81. The molecule has 0 bridgehead atoms. The maximum atomic E-state index is 8.89. The van der Waals surface area contributed by atoms with E-state index < -0.39 is 7.12 Å². The van der Waals surface area contributed by atoms with E-state index >= 15 is 0 Å². The molecule has 1 aromatic carbocycles. The molecule has 0 heterocycles. The summed E-state index contributed by atoms with van der Waals surface area (Å²) >= 11 is 0. The van der Waals surface area contributed by atoms with Gasteiger partial charge in [-0.3, -0.25) is 0 Å². The zero-order chi connectivity index (χ0) is 10.6. The quantitative estimate of drug-likeness (QED) is 0.697. The number of benzene rings is 1.